The summed E-state index contributed by atoms with van der Waals surface area (Å²) in [7, 11) is 0. The van der Waals surface area contributed by atoms with E-state index in [1.807, 2.05) is 48.0 Å². The van der Waals surface area contributed by atoms with Crippen LogP contribution in [-0.2, 0) is 0 Å². The van der Waals surface area contributed by atoms with Crippen molar-refractivity contribution in [1.29, 1.82) is 0 Å². The molecule has 0 N–H and O–H groups in total. The summed E-state index contributed by atoms with van der Waals surface area (Å²) in [6.45, 7) is 2.00. The summed E-state index contributed by atoms with van der Waals surface area (Å²) in [5, 5.41) is 17.8. The maximum Gasteiger partial charge on any atom is 0.186 e. The summed E-state index contributed by atoms with van der Waals surface area (Å²) in [6.07, 6.45) is 3.67. The molecule has 0 bridgehead atoms. The predicted octanol–water partition coefficient (Wildman–Crippen LogP) is 2.90. The molecule has 0 aliphatic heterocycles. The Morgan fingerprint density at radius 2 is 1.78 bits per heavy atom. The van der Waals surface area contributed by atoms with Crippen LogP contribution in [0.25, 0.3) is 33.3 Å². The number of fused-ring (bicyclic) bond motifs is 5. The Labute approximate surface area is 131 Å². The first-order valence-electron chi connectivity index (χ1n) is 7.36. The summed E-state index contributed by atoms with van der Waals surface area (Å²) in [4.78, 5) is 0. The molecule has 6 heteroatoms. The fraction of sp³-hybridized carbons (Fsp3) is 0.0588. The minimum absolute atomic E-state index is 0.769. The summed E-state index contributed by atoms with van der Waals surface area (Å²) in [5.41, 5.74) is 6.46. The van der Waals surface area contributed by atoms with Gasteiger partial charge in [-0.05, 0) is 24.6 Å². The lowest BCUT2D eigenvalue weighted by molar-refractivity contribution is 0.912. The second-order valence-corrected chi connectivity index (χ2v) is 5.47. The molecule has 0 saturated carbocycles. The van der Waals surface area contributed by atoms with Gasteiger partial charge in [-0.2, -0.15) is 10.2 Å². The Hall–Kier alpha value is -3.28. The Balaban J connectivity index is 1.93. The second kappa shape index (κ2) is 4.36. The highest BCUT2D eigenvalue weighted by atomic mass is 15.3. The van der Waals surface area contributed by atoms with Crippen LogP contribution in [0.1, 0.15) is 5.69 Å². The van der Waals surface area contributed by atoms with Crippen LogP contribution in [0, 0.1) is 6.92 Å². The fourth-order valence-corrected chi connectivity index (χ4v) is 3.06. The average Bonchev–Trinajstić information content (AvgIpc) is 3.18. The van der Waals surface area contributed by atoms with Gasteiger partial charge in [-0.15, -0.1) is 10.2 Å². The number of nitrogens with zero attached hydrogens (tertiary/aromatic N) is 6. The van der Waals surface area contributed by atoms with Gasteiger partial charge in [-0.1, -0.05) is 30.3 Å². The third kappa shape index (κ3) is 1.63. The smallest absolute Gasteiger partial charge is 0.186 e. The molecule has 1 aromatic carbocycles. The number of pyridine rings is 1. The van der Waals surface area contributed by atoms with Crippen LogP contribution >= 0.6 is 0 Å². The third-order valence-corrected chi connectivity index (χ3v) is 4.10. The summed E-state index contributed by atoms with van der Waals surface area (Å²) in [6, 6.07) is 14.1. The quantitative estimate of drug-likeness (QED) is 0.477. The van der Waals surface area contributed by atoms with Crippen molar-refractivity contribution >= 4 is 22.2 Å². The van der Waals surface area contributed by atoms with E-state index < -0.39 is 0 Å². The van der Waals surface area contributed by atoms with E-state index in [2.05, 4.69) is 27.4 Å². The maximum atomic E-state index is 4.69. The Morgan fingerprint density at radius 3 is 2.65 bits per heavy atom. The van der Waals surface area contributed by atoms with Crippen LogP contribution in [0.2, 0.25) is 0 Å². The lowest BCUT2D eigenvalue weighted by Crippen LogP contribution is -1.99. The van der Waals surface area contributed by atoms with E-state index in [4.69, 9.17) is 5.10 Å². The van der Waals surface area contributed by atoms with Crippen LogP contribution in [0.3, 0.4) is 0 Å². The Bertz CT molecular complexity index is 1170. The van der Waals surface area contributed by atoms with Gasteiger partial charge in [0.1, 0.15) is 5.52 Å². The zero-order valence-electron chi connectivity index (χ0n) is 12.4. The lowest BCUT2D eigenvalue weighted by atomic mass is 10.1. The van der Waals surface area contributed by atoms with E-state index in [-0.39, 0.29) is 0 Å². The number of rotatable bonds is 1. The zero-order valence-corrected chi connectivity index (χ0v) is 12.4. The van der Waals surface area contributed by atoms with Gasteiger partial charge in [0.2, 0.25) is 0 Å². The van der Waals surface area contributed by atoms with E-state index in [1.165, 1.54) is 0 Å². The third-order valence-electron chi connectivity index (χ3n) is 4.10. The molecule has 110 valence electrons. The number of hydrogen-bond acceptors (Lipinski definition) is 4. The van der Waals surface area contributed by atoms with Crippen molar-refractivity contribution in [3.63, 3.8) is 0 Å². The molecular formula is C17H12N6. The molecule has 0 unspecified atom stereocenters. The molecule has 0 fully saturated rings. The normalized spacial score (nSPS) is 11.7. The zero-order chi connectivity index (χ0) is 15.4. The summed E-state index contributed by atoms with van der Waals surface area (Å²) in [5.74, 6) is 0. The topological polar surface area (TPSA) is 60.4 Å². The highest BCUT2D eigenvalue weighted by Crippen LogP contribution is 2.28. The molecule has 0 spiro atoms. The second-order valence-electron chi connectivity index (χ2n) is 5.47. The fourth-order valence-electron chi connectivity index (χ4n) is 3.06. The first-order chi connectivity index (χ1) is 11.3. The molecule has 0 aliphatic rings. The molecular weight excluding hydrogens is 288 g/mol. The standard InChI is InChI=1S/C17H12N6/c1-11-15(12-5-3-2-4-6-12)17-20-19-16-13-7-9-18-22(13)10-8-14(16)23(17)21-11/h2-10H,1H3. The van der Waals surface area contributed by atoms with Crippen molar-refractivity contribution < 1.29 is 0 Å². The Morgan fingerprint density at radius 1 is 0.913 bits per heavy atom. The molecule has 23 heavy (non-hydrogen) atoms. The van der Waals surface area contributed by atoms with Gasteiger partial charge in [0.05, 0.1) is 28.5 Å². The number of hydrogen-bond donors (Lipinski definition) is 0. The van der Waals surface area contributed by atoms with Crippen LogP contribution in [0.4, 0.5) is 0 Å². The predicted molar refractivity (Wildman–Crippen MR) is 87.2 cm³/mol. The molecule has 0 aliphatic carbocycles. The molecule has 0 atom stereocenters. The van der Waals surface area contributed by atoms with Gasteiger partial charge >= 0.3 is 0 Å². The van der Waals surface area contributed by atoms with Gasteiger partial charge in [0, 0.05) is 6.20 Å². The highest BCUT2D eigenvalue weighted by Gasteiger charge is 2.16. The number of benzene rings is 1. The highest BCUT2D eigenvalue weighted by molar-refractivity contribution is 5.92. The monoisotopic (exact) mass is 300 g/mol. The molecule has 0 saturated heterocycles. The average molecular weight is 300 g/mol. The van der Waals surface area contributed by atoms with E-state index in [1.54, 1.807) is 10.7 Å². The maximum absolute atomic E-state index is 4.69. The number of aryl methyl sites for hydroxylation is 1. The first kappa shape index (κ1) is 12.3. The minimum Gasteiger partial charge on any atom is -0.239 e. The first-order valence-corrected chi connectivity index (χ1v) is 7.36. The van der Waals surface area contributed by atoms with Gasteiger partial charge in [0.15, 0.2) is 5.65 Å². The summed E-state index contributed by atoms with van der Waals surface area (Å²) < 4.78 is 3.66. The number of aromatic nitrogens is 6. The molecule has 4 aromatic heterocycles. The largest absolute Gasteiger partial charge is 0.239 e. The van der Waals surface area contributed by atoms with E-state index in [0.717, 1.165) is 39.0 Å². The molecule has 0 amide bonds. The van der Waals surface area contributed by atoms with Gasteiger partial charge < -0.3 is 0 Å². The lowest BCUT2D eigenvalue weighted by Gasteiger charge is -2.03. The molecule has 4 heterocycles. The van der Waals surface area contributed by atoms with Crippen molar-refractivity contribution in [2.45, 2.75) is 6.92 Å². The molecule has 0 radical (unpaired) electrons. The van der Waals surface area contributed by atoms with Gasteiger partial charge in [0.25, 0.3) is 0 Å². The van der Waals surface area contributed by atoms with Crippen molar-refractivity contribution in [3.05, 3.63) is 60.6 Å². The van der Waals surface area contributed by atoms with Crippen LogP contribution in [0.5, 0.6) is 0 Å². The van der Waals surface area contributed by atoms with Crippen molar-refractivity contribution in [1.82, 2.24) is 29.4 Å². The van der Waals surface area contributed by atoms with Crippen molar-refractivity contribution in [2.24, 2.45) is 0 Å². The molecule has 5 aromatic rings. The van der Waals surface area contributed by atoms with E-state index in [9.17, 15) is 0 Å². The molecule has 5 rings (SSSR count). The van der Waals surface area contributed by atoms with Gasteiger partial charge in [-0.25, -0.2) is 9.03 Å². The van der Waals surface area contributed by atoms with Crippen LogP contribution in [0.15, 0.2) is 54.9 Å². The van der Waals surface area contributed by atoms with Crippen molar-refractivity contribution in [2.75, 3.05) is 0 Å². The SMILES string of the molecule is Cc1nn2c(nnc3c4ccnn4ccc32)c1-c1ccccc1. The van der Waals surface area contributed by atoms with Crippen LogP contribution < -0.4 is 0 Å². The summed E-state index contributed by atoms with van der Waals surface area (Å²) >= 11 is 0. The van der Waals surface area contributed by atoms with Crippen LogP contribution in [-0.4, -0.2) is 29.4 Å². The minimum atomic E-state index is 0.769. The van der Waals surface area contributed by atoms with Gasteiger partial charge in [-0.3, -0.25) is 0 Å². The Kier molecular flexibility index (Phi) is 2.33. The van der Waals surface area contributed by atoms with E-state index in [0.29, 0.717) is 0 Å². The molecule has 6 nitrogen and oxygen atoms in total. The van der Waals surface area contributed by atoms with E-state index >= 15 is 0 Å². The van der Waals surface area contributed by atoms with Crippen molar-refractivity contribution in [3.8, 4) is 11.1 Å².